The van der Waals surface area contributed by atoms with E-state index in [-0.39, 0.29) is 11.9 Å². The van der Waals surface area contributed by atoms with Crippen molar-refractivity contribution >= 4 is 5.91 Å². The van der Waals surface area contributed by atoms with E-state index in [9.17, 15) is 4.79 Å². The molecule has 0 saturated carbocycles. The van der Waals surface area contributed by atoms with Crippen molar-refractivity contribution in [1.29, 1.82) is 0 Å². The highest BCUT2D eigenvalue weighted by molar-refractivity contribution is 5.76. The van der Waals surface area contributed by atoms with Crippen molar-refractivity contribution in [2.45, 2.75) is 52.0 Å². The summed E-state index contributed by atoms with van der Waals surface area (Å²) in [4.78, 5) is 11.9. The minimum atomic E-state index is 0.144. The van der Waals surface area contributed by atoms with Crippen LogP contribution < -0.4 is 16.4 Å². The highest BCUT2D eigenvalue weighted by atomic mass is 16.1. The van der Waals surface area contributed by atoms with Gasteiger partial charge in [0.05, 0.1) is 0 Å². The number of nitrogens with two attached hydrogens (primary N) is 1. The molecule has 1 aliphatic rings. The monoisotopic (exact) mass is 255 g/mol. The second-order valence-electron chi connectivity index (χ2n) is 5.86. The molecule has 0 aliphatic carbocycles. The van der Waals surface area contributed by atoms with E-state index >= 15 is 0 Å². The van der Waals surface area contributed by atoms with Crippen LogP contribution in [0.3, 0.4) is 0 Å². The molecule has 0 aromatic rings. The number of carbonyl (C=O) groups is 1. The van der Waals surface area contributed by atoms with Gasteiger partial charge in [0.2, 0.25) is 5.91 Å². The Balaban J connectivity index is 2.18. The van der Waals surface area contributed by atoms with Crippen LogP contribution in [-0.2, 0) is 4.79 Å². The Bertz CT molecular complexity index is 237. The SMILES string of the molecule is CC(C)CC(CN)NC(=O)CCC1CCNCC1. The van der Waals surface area contributed by atoms with E-state index in [0.717, 1.165) is 31.8 Å². The molecule has 0 spiro atoms. The van der Waals surface area contributed by atoms with Crippen LogP contribution in [0.4, 0.5) is 0 Å². The Kier molecular flexibility index (Phi) is 7.28. The zero-order valence-electron chi connectivity index (χ0n) is 11.9. The minimum Gasteiger partial charge on any atom is -0.352 e. The third-order valence-electron chi connectivity index (χ3n) is 3.64. The van der Waals surface area contributed by atoms with Gasteiger partial charge in [-0.1, -0.05) is 13.8 Å². The number of carbonyl (C=O) groups excluding carboxylic acids is 1. The molecule has 0 radical (unpaired) electrons. The average molecular weight is 255 g/mol. The van der Waals surface area contributed by atoms with Crippen LogP contribution >= 0.6 is 0 Å². The third kappa shape index (κ3) is 6.36. The van der Waals surface area contributed by atoms with Gasteiger partial charge >= 0.3 is 0 Å². The van der Waals surface area contributed by atoms with Crippen molar-refractivity contribution in [3.8, 4) is 0 Å². The molecule has 0 bridgehead atoms. The van der Waals surface area contributed by atoms with Crippen LogP contribution in [0.15, 0.2) is 0 Å². The first-order chi connectivity index (χ1) is 8.61. The van der Waals surface area contributed by atoms with Gasteiger partial charge in [0.1, 0.15) is 0 Å². The maximum atomic E-state index is 11.9. The zero-order chi connectivity index (χ0) is 13.4. The van der Waals surface area contributed by atoms with E-state index in [1.54, 1.807) is 0 Å². The molecule has 4 N–H and O–H groups in total. The maximum absolute atomic E-state index is 11.9. The molecule has 1 unspecified atom stereocenters. The Morgan fingerprint density at radius 1 is 1.39 bits per heavy atom. The number of nitrogens with one attached hydrogen (secondary N) is 2. The van der Waals surface area contributed by atoms with Crippen LogP contribution in [-0.4, -0.2) is 31.6 Å². The van der Waals surface area contributed by atoms with Gasteiger partial charge in [0.15, 0.2) is 0 Å². The molecular formula is C14H29N3O. The van der Waals surface area contributed by atoms with E-state index < -0.39 is 0 Å². The summed E-state index contributed by atoms with van der Waals surface area (Å²) in [6, 6.07) is 0.144. The second kappa shape index (κ2) is 8.48. The summed E-state index contributed by atoms with van der Waals surface area (Å²) in [6.07, 6.45) is 5.06. The molecule has 0 aromatic heterocycles. The summed E-state index contributed by atoms with van der Waals surface area (Å²) in [6.45, 7) is 7.06. The Morgan fingerprint density at radius 2 is 2.06 bits per heavy atom. The highest BCUT2D eigenvalue weighted by Gasteiger charge is 2.16. The molecule has 106 valence electrons. The minimum absolute atomic E-state index is 0.144. The molecule has 1 amide bonds. The van der Waals surface area contributed by atoms with Crippen molar-refractivity contribution in [2.75, 3.05) is 19.6 Å². The van der Waals surface area contributed by atoms with Crippen LogP contribution in [0.1, 0.15) is 46.0 Å². The first-order valence-electron chi connectivity index (χ1n) is 7.32. The average Bonchev–Trinajstić information content (AvgIpc) is 2.36. The lowest BCUT2D eigenvalue weighted by atomic mass is 9.93. The van der Waals surface area contributed by atoms with Gasteiger partial charge in [0, 0.05) is 19.0 Å². The third-order valence-corrected chi connectivity index (χ3v) is 3.64. The summed E-state index contributed by atoms with van der Waals surface area (Å²) in [5, 5.41) is 6.41. The van der Waals surface area contributed by atoms with Gasteiger partial charge in [-0.25, -0.2) is 0 Å². The molecule has 1 saturated heterocycles. The number of rotatable bonds is 7. The van der Waals surface area contributed by atoms with Gasteiger partial charge < -0.3 is 16.4 Å². The normalized spacial score (nSPS) is 18.9. The fourth-order valence-electron chi connectivity index (χ4n) is 2.59. The van der Waals surface area contributed by atoms with Crippen LogP contribution in [0.5, 0.6) is 0 Å². The van der Waals surface area contributed by atoms with Gasteiger partial charge in [0.25, 0.3) is 0 Å². The molecule has 4 heteroatoms. The number of piperidine rings is 1. The summed E-state index contributed by atoms with van der Waals surface area (Å²) in [5.74, 6) is 1.46. The van der Waals surface area contributed by atoms with Gasteiger partial charge in [-0.3, -0.25) is 4.79 Å². The molecular weight excluding hydrogens is 226 g/mol. The maximum Gasteiger partial charge on any atom is 0.220 e. The van der Waals surface area contributed by atoms with Crippen molar-refractivity contribution in [3.63, 3.8) is 0 Å². The van der Waals surface area contributed by atoms with E-state index in [1.165, 1.54) is 12.8 Å². The Morgan fingerprint density at radius 3 is 2.61 bits per heavy atom. The van der Waals surface area contributed by atoms with Gasteiger partial charge in [-0.2, -0.15) is 0 Å². The van der Waals surface area contributed by atoms with Crippen LogP contribution in [0.2, 0.25) is 0 Å². The molecule has 1 rings (SSSR count). The van der Waals surface area contributed by atoms with Crippen molar-refractivity contribution in [2.24, 2.45) is 17.6 Å². The molecule has 1 atom stereocenters. The van der Waals surface area contributed by atoms with E-state index in [1.807, 2.05) is 0 Å². The summed E-state index contributed by atoms with van der Waals surface area (Å²) < 4.78 is 0. The van der Waals surface area contributed by atoms with E-state index in [2.05, 4.69) is 24.5 Å². The largest absolute Gasteiger partial charge is 0.352 e. The van der Waals surface area contributed by atoms with E-state index in [0.29, 0.717) is 18.9 Å². The second-order valence-corrected chi connectivity index (χ2v) is 5.86. The predicted octanol–water partition coefficient (Wildman–Crippen LogP) is 1.26. The standard InChI is InChI=1S/C14H29N3O/c1-11(2)9-13(10-15)17-14(18)4-3-12-5-7-16-8-6-12/h11-13,16H,3-10,15H2,1-2H3,(H,17,18). The molecule has 1 fully saturated rings. The number of hydrogen-bond donors (Lipinski definition) is 3. The van der Waals surface area contributed by atoms with E-state index in [4.69, 9.17) is 5.73 Å². The number of hydrogen-bond acceptors (Lipinski definition) is 3. The van der Waals surface area contributed by atoms with Crippen LogP contribution in [0, 0.1) is 11.8 Å². The smallest absolute Gasteiger partial charge is 0.220 e. The Hall–Kier alpha value is -0.610. The molecule has 4 nitrogen and oxygen atoms in total. The fourth-order valence-corrected chi connectivity index (χ4v) is 2.59. The van der Waals surface area contributed by atoms with Gasteiger partial charge in [-0.05, 0) is 50.6 Å². The predicted molar refractivity (Wildman–Crippen MR) is 75.3 cm³/mol. The lowest BCUT2D eigenvalue weighted by molar-refractivity contribution is -0.122. The molecule has 1 heterocycles. The molecule has 18 heavy (non-hydrogen) atoms. The zero-order valence-corrected chi connectivity index (χ0v) is 11.9. The van der Waals surface area contributed by atoms with Crippen molar-refractivity contribution in [3.05, 3.63) is 0 Å². The summed E-state index contributed by atoms with van der Waals surface area (Å²) in [7, 11) is 0. The lowest BCUT2D eigenvalue weighted by Gasteiger charge is -2.23. The fraction of sp³-hybridized carbons (Fsp3) is 0.929. The topological polar surface area (TPSA) is 67.1 Å². The quantitative estimate of drug-likeness (QED) is 0.641. The first kappa shape index (κ1) is 15.4. The van der Waals surface area contributed by atoms with Crippen molar-refractivity contribution < 1.29 is 4.79 Å². The number of amides is 1. The molecule has 0 aromatic carbocycles. The summed E-state index contributed by atoms with van der Waals surface area (Å²) >= 11 is 0. The molecule has 1 aliphatic heterocycles. The summed E-state index contributed by atoms with van der Waals surface area (Å²) in [5.41, 5.74) is 5.69. The van der Waals surface area contributed by atoms with Crippen LogP contribution in [0.25, 0.3) is 0 Å². The van der Waals surface area contributed by atoms with Crippen molar-refractivity contribution in [1.82, 2.24) is 10.6 Å². The highest BCUT2D eigenvalue weighted by Crippen LogP contribution is 2.17. The first-order valence-corrected chi connectivity index (χ1v) is 7.32. The van der Waals surface area contributed by atoms with Gasteiger partial charge in [-0.15, -0.1) is 0 Å². The Labute approximate surface area is 111 Å². The lowest BCUT2D eigenvalue weighted by Crippen LogP contribution is -2.41.